The van der Waals surface area contributed by atoms with Crippen LogP contribution in [-0.4, -0.2) is 17.3 Å². The molecule has 1 heterocycles. The van der Waals surface area contributed by atoms with E-state index < -0.39 is 5.60 Å². The van der Waals surface area contributed by atoms with Crippen LogP contribution >= 0.6 is 0 Å². The van der Waals surface area contributed by atoms with Gasteiger partial charge in [-0.15, -0.1) is 0 Å². The molecule has 0 amide bonds. The lowest BCUT2D eigenvalue weighted by atomic mass is 9.84. The zero-order valence-corrected chi connectivity index (χ0v) is 8.66. The first-order valence-corrected chi connectivity index (χ1v) is 5.00. The van der Waals surface area contributed by atoms with Crippen LogP contribution in [0.4, 0.5) is 0 Å². The van der Waals surface area contributed by atoms with Crippen LogP contribution in [0.3, 0.4) is 0 Å². The van der Waals surface area contributed by atoms with E-state index in [-0.39, 0.29) is 5.92 Å². The van der Waals surface area contributed by atoms with Gasteiger partial charge in [0.05, 0.1) is 12.2 Å². The number of hydrogen-bond donors (Lipinski definition) is 1. The maximum Gasteiger partial charge on any atom is 0.122 e. The molecule has 1 N–H and O–H groups in total. The van der Waals surface area contributed by atoms with Crippen LogP contribution < -0.4 is 4.74 Å². The average molecular weight is 192 g/mol. The fourth-order valence-corrected chi connectivity index (χ4v) is 1.78. The first-order valence-electron chi connectivity index (χ1n) is 5.00. The van der Waals surface area contributed by atoms with Crippen molar-refractivity contribution in [1.82, 2.24) is 0 Å². The van der Waals surface area contributed by atoms with Gasteiger partial charge in [0.25, 0.3) is 0 Å². The fourth-order valence-electron chi connectivity index (χ4n) is 1.78. The van der Waals surface area contributed by atoms with Crippen molar-refractivity contribution in [2.75, 3.05) is 6.61 Å². The molecule has 0 bridgehead atoms. The summed E-state index contributed by atoms with van der Waals surface area (Å²) in [5, 5.41) is 9.89. The standard InChI is InChI=1S/C12H16O2/c1-12(2,13)10-7-9-5-3-4-6-11(9)14-8-10/h3-6,10,13H,7-8H2,1-2H3. The van der Waals surface area contributed by atoms with Gasteiger partial charge in [-0.1, -0.05) is 18.2 Å². The van der Waals surface area contributed by atoms with Crippen LogP contribution in [0.2, 0.25) is 0 Å². The largest absolute Gasteiger partial charge is 0.493 e. The minimum Gasteiger partial charge on any atom is -0.493 e. The second kappa shape index (κ2) is 3.28. The monoisotopic (exact) mass is 192 g/mol. The van der Waals surface area contributed by atoms with Crippen molar-refractivity contribution < 1.29 is 9.84 Å². The molecule has 0 radical (unpaired) electrons. The first kappa shape index (κ1) is 9.53. The number of fused-ring (bicyclic) bond motifs is 1. The van der Waals surface area contributed by atoms with E-state index in [9.17, 15) is 5.11 Å². The Morgan fingerprint density at radius 3 is 2.79 bits per heavy atom. The Bertz CT molecular complexity index is 325. The molecule has 0 fully saturated rings. The normalized spacial score (nSPS) is 21.2. The van der Waals surface area contributed by atoms with Crippen LogP contribution in [0.1, 0.15) is 19.4 Å². The van der Waals surface area contributed by atoms with E-state index in [1.807, 2.05) is 32.0 Å². The molecule has 1 aliphatic heterocycles. The molecule has 0 saturated carbocycles. The minimum absolute atomic E-state index is 0.192. The highest BCUT2D eigenvalue weighted by Crippen LogP contribution is 2.31. The Morgan fingerprint density at radius 1 is 1.36 bits per heavy atom. The van der Waals surface area contributed by atoms with E-state index in [4.69, 9.17) is 4.74 Å². The minimum atomic E-state index is -0.659. The Kier molecular flexibility index (Phi) is 2.23. The van der Waals surface area contributed by atoms with Gasteiger partial charge in [0.2, 0.25) is 0 Å². The molecule has 76 valence electrons. The van der Waals surface area contributed by atoms with Gasteiger partial charge in [-0.05, 0) is 31.9 Å². The number of ether oxygens (including phenoxy) is 1. The zero-order chi connectivity index (χ0) is 10.2. The summed E-state index contributed by atoms with van der Waals surface area (Å²) < 4.78 is 5.60. The molecule has 1 aromatic carbocycles. The van der Waals surface area contributed by atoms with Gasteiger partial charge in [0.1, 0.15) is 5.75 Å². The van der Waals surface area contributed by atoms with E-state index in [0.29, 0.717) is 6.61 Å². The van der Waals surface area contributed by atoms with E-state index in [2.05, 4.69) is 6.07 Å². The van der Waals surface area contributed by atoms with Gasteiger partial charge in [-0.3, -0.25) is 0 Å². The van der Waals surface area contributed by atoms with Crippen LogP contribution in [0, 0.1) is 5.92 Å². The van der Waals surface area contributed by atoms with Crippen molar-refractivity contribution >= 4 is 0 Å². The third-order valence-electron chi connectivity index (χ3n) is 2.88. The number of hydrogen-bond acceptors (Lipinski definition) is 2. The molecule has 14 heavy (non-hydrogen) atoms. The molecule has 2 heteroatoms. The molecule has 1 atom stereocenters. The lowest BCUT2D eigenvalue weighted by molar-refractivity contribution is -0.00984. The molecule has 0 saturated heterocycles. The van der Waals surface area contributed by atoms with Crippen molar-refractivity contribution in [3.8, 4) is 5.75 Å². The molecule has 1 unspecified atom stereocenters. The summed E-state index contributed by atoms with van der Waals surface area (Å²) in [6.07, 6.45) is 0.902. The molecular formula is C12H16O2. The molecule has 2 nitrogen and oxygen atoms in total. The smallest absolute Gasteiger partial charge is 0.122 e. The summed E-state index contributed by atoms with van der Waals surface area (Å²) in [4.78, 5) is 0. The summed E-state index contributed by atoms with van der Waals surface area (Å²) in [6, 6.07) is 8.03. The van der Waals surface area contributed by atoms with Crippen LogP contribution in [0.15, 0.2) is 24.3 Å². The summed E-state index contributed by atoms with van der Waals surface area (Å²) in [5.74, 6) is 1.16. The van der Waals surface area contributed by atoms with E-state index in [1.54, 1.807) is 0 Å². The van der Waals surface area contributed by atoms with Crippen LogP contribution in [0.5, 0.6) is 5.75 Å². The number of rotatable bonds is 1. The highest BCUT2D eigenvalue weighted by Gasteiger charge is 2.31. The predicted octanol–water partition coefficient (Wildman–Crippen LogP) is 2.01. The third kappa shape index (κ3) is 1.75. The summed E-state index contributed by atoms with van der Waals surface area (Å²) in [6.45, 7) is 4.30. The molecule has 0 aliphatic carbocycles. The second-order valence-electron chi connectivity index (χ2n) is 4.47. The van der Waals surface area contributed by atoms with Crippen molar-refractivity contribution in [3.63, 3.8) is 0 Å². The van der Waals surface area contributed by atoms with Gasteiger partial charge in [0, 0.05) is 5.92 Å². The summed E-state index contributed by atoms with van der Waals surface area (Å²) in [7, 11) is 0. The average Bonchev–Trinajstić information content (AvgIpc) is 2.16. The third-order valence-corrected chi connectivity index (χ3v) is 2.88. The molecular weight excluding hydrogens is 176 g/mol. The SMILES string of the molecule is CC(C)(O)C1COc2ccccc2C1. The van der Waals surface area contributed by atoms with E-state index in [1.165, 1.54) is 5.56 Å². The number of benzene rings is 1. The molecule has 0 aromatic heterocycles. The summed E-state index contributed by atoms with van der Waals surface area (Å²) in [5.41, 5.74) is 0.541. The molecule has 2 rings (SSSR count). The van der Waals surface area contributed by atoms with Gasteiger partial charge in [-0.2, -0.15) is 0 Å². The van der Waals surface area contributed by atoms with E-state index in [0.717, 1.165) is 12.2 Å². The topological polar surface area (TPSA) is 29.5 Å². The Labute approximate surface area is 84.5 Å². The first-order chi connectivity index (χ1) is 6.57. The van der Waals surface area contributed by atoms with Crippen LogP contribution in [-0.2, 0) is 6.42 Å². The lowest BCUT2D eigenvalue weighted by Gasteiger charge is -2.33. The van der Waals surface area contributed by atoms with Gasteiger partial charge in [0.15, 0.2) is 0 Å². The Morgan fingerprint density at radius 2 is 2.07 bits per heavy atom. The predicted molar refractivity (Wildman–Crippen MR) is 55.4 cm³/mol. The number of aliphatic hydroxyl groups is 1. The highest BCUT2D eigenvalue weighted by atomic mass is 16.5. The van der Waals surface area contributed by atoms with Crippen LogP contribution in [0.25, 0.3) is 0 Å². The number of para-hydroxylation sites is 1. The van der Waals surface area contributed by atoms with Gasteiger partial charge in [-0.25, -0.2) is 0 Å². The van der Waals surface area contributed by atoms with Crippen molar-refractivity contribution in [1.29, 1.82) is 0 Å². The Hall–Kier alpha value is -1.02. The maximum absolute atomic E-state index is 9.89. The highest BCUT2D eigenvalue weighted by molar-refractivity contribution is 5.35. The second-order valence-corrected chi connectivity index (χ2v) is 4.47. The summed E-state index contributed by atoms with van der Waals surface area (Å²) >= 11 is 0. The Balaban J connectivity index is 2.22. The van der Waals surface area contributed by atoms with Gasteiger partial charge >= 0.3 is 0 Å². The maximum atomic E-state index is 9.89. The molecule has 1 aromatic rings. The van der Waals surface area contributed by atoms with E-state index >= 15 is 0 Å². The lowest BCUT2D eigenvalue weighted by Crippen LogP contribution is -2.38. The van der Waals surface area contributed by atoms with Crippen molar-refractivity contribution in [2.24, 2.45) is 5.92 Å². The zero-order valence-electron chi connectivity index (χ0n) is 8.66. The molecule has 1 aliphatic rings. The van der Waals surface area contributed by atoms with Crippen molar-refractivity contribution in [2.45, 2.75) is 25.9 Å². The van der Waals surface area contributed by atoms with Crippen molar-refractivity contribution in [3.05, 3.63) is 29.8 Å². The fraction of sp³-hybridized carbons (Fsp3) is 0.500. The molecule has 0 spiro atoms. The van der Waals surface area contributed by atoms with Gasteiger partial charge < -0.3 is 9.84 Å². The quantitative estimate of drug-likeness (QED) is 0.737.